The minimum atomic E-state index is -0.999. The lowest BCUT2D eigenvalue weighted by atomic mass is 10.1. The highest BCUT2D eigenvalue weighted by Crippen LogP contribution is 2.12. The lowest BCUT2D eigenvalue weighted by Gasteiger charge is -2.17. The molecule has 0 spiro atoms. The molecule has 0 rings (SSSR count). The minimum Gasteiger partial charge on any atom is -0.466 e. The van der Waals surface area contributed by atoms with Crippen LogP contribution in [0.15, 0.2) is 0 Å². The summed E-state index contributed by atoms with van der Waals surface area (Å²) in [7, 11) is 0. The molecule has 0 aliphatic rings. The van der Waals surface area contributed by atoms with Crippen LogP contribution in [0.4, 0.5) is 0 Å². The summed E-state index contributed by atoms with van der Waals surface area (Å²) in [4.78, 5) is 37.2. The highest BCUT2D eigenvalue weighted by molar-refractivity contribution is 7.80. The Kier molecular flexibility index (Phi) is 28.8. The van der Waals surface area contributed by atoms with Crippen LogP contribution in [-0.2, 0) is 23.9 Å². The summed E-state index contributed by atoms with van der Waals surface area (Å²) < 4.78 is 10.8. The van der Waals surface area contributed by atoms with Crippen LogP contribution >= 0.6 is 12.6 Å². The summed E-state index contributed by atoms with van der Waals surface area (Å²) in [5.41, 5.74) is 0. The third-order valence-electron chi connectivity index (χ3n) is 7.06. The first kappa shape index (κ1) is 37.8. The van der Waals surface area contributed by atoms with Gasteiger partial charge in [-0.25, -0.2) is 4.79 Å². The average Bonchev–Trinajstić information content (AvgIpc) is 2.93. The highest BCUT2D eigenvalue weighted by atomic mass is 32.1. The number of nitrogens with one attached hydrogen (secondary N) is 1. The van der Waals surface area contributed by atoms with Crippen LogP contribution in [0.1, 0.15) is 162 Å². The predicted octanol–water partition coefficient (Wildman–Crippen LogP) is 8.50. The molecular formula is C32H61NO5S. The molecule has 0 aromatic heterocycles. The molecule has 0 aliphatic heterocycles. The van der Waals surface area contributed by atoms with E-state index in [0.29, 0.717) is 25.4 Å². The predicted molar refractivity (Wildman–Crippen MR) is 165 cm³/mol. The van der Waals surface area contributed by atoms with Gasteiger partial charge in [0.2, 0.25) is 5.91 Å². The Hall–Kier alpha value is -1.24. The van der Waals surface area contributed by atoms with E-state index in [-0.39, 0.29) is 18.7 Å². The van der Waals surface area contributed by atoms with Crippen LogP contribution in [0.2, 0.25) is 0 Å². The maximum atomic E-state index is 12.6. The first-order valence-electron chi connectivity index (χ1n) is 16.3. The average molecular weight is 572 g/mol. The Balaban J connectivity index is 4.14. The topological polar surface area (TPSA) is 81.7 Å². The summed E-state index contributed by atoms with van der Waals surface area (Å²) >= 11 is 4.13. The van der Waals surface area contributed by atoms with E-state index in [1.54, 1.807) is 0 Å². The van der Waals surface area contributed by atoms with E-state index in [2.05, 4.69) is 31.8 Å². The van der Waals surface area contributed by atoms with Crippen LogP contribution in [0.25, 0.3) is 0 Å². The normalized spacial score (nSPS) is 11.8. The highest BCUT2D eigenvalue weighted by Gasteiger charge is 2.26. The molecule has 0 bridgehead atoms. The molecule has 1 N–H and O–H groups in total. The molecule has 0 aromatic rings. The SMILES string of the molecule is CCCCCCCCCCCCOC(=O)C[C@H](NC(=O)CCCS)C(=O)OCCCCCCCCCCCC. The Morgan fingerprint density at radius 2 is 1.00 bits per heavy atom. The van der Waals surface area contributed by atoms with Crippen LogP contribution in [0.3, 0.4) is 0 Å². The van der Waals surface area contributed by atoms with Gasteiger partial charge in [-0.2, -0.15) is 12.6 Å². The van der Waals surface area contributed by atoms with E-state index in [0.717, 1.165) is 38.5 Å². The standard InChI is InChI=1S/C32H61NO5S/c1-3-5-7-9-11-13-15-17-19-21-25-37-31(35)28-29(33-30(34)24-23-27-39)32(36)38-26-22-20-18-16-14-12-10-8-6-4-2/h29,39H,3-28H2,1-2H3,(H,33,34)/t29-/m0/s1. The quantitative estimate of drug-likeness (QED) is 0.0534. The number of hydrogen-bond donors (Lipinski definition) is 2. The van der Waals surface area contributed by atoms with Crippen molar-refractivity contribution in [2.75, 3.05) is 19.0 Å². The molecule has 6 nitrogen and oxygen atoms in total. The fourth-order valence-corrected chi connectivity index (χ4v) is 4.72. The van der Waals surface area contributed by atoms with Crippen molar-refractivity contribution in [1.82, 2.24) is 5.32 Å². The van der Waals surface area contributed by atoms with Crippen molar-refractivity contribution in [2.24, 2.45) is 0 Å². The zero-order valence-corrected chi connectivity index (χ0v) is 26.3. The number of carbonyl (C=O) groups excluding carboxylic acids is 3. The molecule has 0 heterocycles. The van der Waals surface area contributed by atoms with E-state index in [1.807, 2.05) is 0 Å². The second-order valence-corrected chi connectivity index (χ2v) is 11.4. The van der Waals surface area contributed by atoms with Gasteiger partial charge in [0.1, 0.15) is 6.04 Å². The van der Waals surface area contributed by atoms with Crippen molar-refractivity contribution in [1.29, 1.82) is 0 Å². The van der Waals surface area contributed by atoms with Crippen molar-refractivity contribution in [3.63, 3.8) is 0 Å². The molecule has 7 heteroatoms. The molecule has 230 valence electrons. The second-order valence-electron chi connectivity index (χ2n) is 10.9. The molecule has 0 saturated heterocycles. The number of ether oxygens (including phenoxy) is 2. The van der Waals surface area contributed by atoms with Gasteiger partial charge in [0.15, 0.2) is 0 Å². The third-order valence-corrected chi connectivity index (χ3v) is 7.37. The summed E-state index contributed by atoms with van der Waals surface area (Å²) in [6.07, 6.45) is 24.8. The molecule has 0 fully saturated rings. The minimum absolute atomic E-state index is 0.193. The third kappa shape index (κ3) is 26.7. The second kappa shape index (κ2) is 29.7. The maximum Gasteiger partial charge on any atom is 0.329 e. The largest absolute Gasteiger partial charge is 0.466 e. The number of esters is 2. The van der Waals surface area contributed by atoms with Gasteiger partial charge >= 0.3 is 11.9 Å². The number of thiol groups is 1. The molecule has 0 radical (unpaired) electrons. The van der Waals surface area contributed by atoms with Crippen molar-refractivity contribution in [2.45, 2.75) is 168 Å². The number of carbonyl (C=O) groups is 3. The fourth-order valence-electron chi connectivity index (χ4n) is 4.56. The summed E-state index contributed by atoms with van der Waals surface area (Å²) in [6, 6.07) is -0.999. The molecule has 0 aliphatic carbocycles. The van der Waals surface area contributed by atoms with Crippen molar-refractivity contribution in [3.8, 4) is 0 Å². The van der Waals surface area contributed by atoms with E-state index in [9.17, 15) is 14.4 Å². The van der Waals surface area contributed by atoms with Crippen LogP contribution in [-0.4, -0.2) is 42.9 Å². The zero-order valence-electron chi connectivity index (χ0n) is 25.5. The number of hydrogen-bond acceptors (Lipinski definition) is 6. The lowest BCUT2D eigenvalue weighted by molar-refractivity contribution is -0.154. The monoisotopic (exact) mass is 571 g/mol. The molecule has 1 atom stereocenters. The number of amides is 1. The van der Waals surface area contributed by atoms with Crippen LogP contribution < -0.4 is 5.32 Å². The smallest absolute Gasteiger partial charge is 0.329 e. The molecule has 39 heavy (non-hydrogen) atoms. The first-order valence-corrected chi connectivity index (χ1v) is 16.9. The van der Waals surface area contributed by atoms with Gasteiger partial charge in [0, 0.05) is 6.42 Å². The Bertz CT molecular complexity index is 587. The van der Waals surface area contributed by atoms with E-state index in [1.165, 1.54) is 89.9 Å². The van der Waals surface area contributed by atoms with E-state index in [4.69, 9.17) is 9.47 Å². The summed E-state index contributed by atoms with van der Waals surface area (Å²) in [5.74, 6) is -0.711. The lowest BCUT2D eigenvalue weighted by Crippen LogP contribution is -2.43. The van der Waals surface area contributed by atoms with Gasteiger partial charge < -0.3 is 14.8 Å². The van der Waals surface area contributed by atoms with E-state index < -0.39 is 18.0 Å². The van der Waals surface area contributed by atoms with Gasteiger partial charge in [-0.1, -0.05) is 129 Å². The molecule has 0 unspecified atom stereocenters. The molecule has 0 aromatic carbocycles. The summed E-state index contributed by atoms with van der Waals surface area (Å²) in [5, 5.41) is 2.67. The molecular weight excluding hydrogens is 510 g/mol. The Morgan fingerprint density at radius 3 is 1.44 bits per heavy atom. The zero-order chi connectivity index (χ0) is 28.8. The van der Waals surface area contributed by atoms with Crippen LogP contribution in [0, 0.1) is 0 Å². The van der Waals surface area contributed by atoms with Crippen LogP contribution in [0.5, 0.6) is 0 Å². The van der Waals surface area contributed by atoms with Gasteiger partial charge in [0.25, 0.3) is 0 Å². The van der Waals surface area contributed by atoms with Crippen molar-refractivity contribution in [3.05, 3.63) is 0 Å². The summed E-state index contributed by atoms with van der Waals surface area (Å²) in [6.45, 7) is 5.13. The van der Waals surface area contributed by atoms with Gasteiger partial charge in [0.05, 0.1) is 19.6 Å². The Morgan fingerprint density at radius 1 is 0.590 bits per heavy atom. The fraction of sp³-hybridized carbons (Fsp3) is 0.906. The molecule has 0 saturated carbocycles. The van der Waals surface area contributed by atoms with Gasteiger partial charge in [-0.3, -0.25) is 9.59 Å². The molecule has 1 amide bonds. The van der Waals surface area contributed by atoms with Crippen molar-refractivity contribution < 1.29 is 23.9 Å². The maximum absolute atomic E-state index is 12.6. The number of rotatable bonds is 29. The van der Waals surface area contributed by atoms with E-state index >= 15 is 0 Å². The first-order chi connectivity index (χ1) is 19.0. The van der Waals surface area contributed by atoms with Gasteiger partial charge in [-0.05, 0) is 25.0 Å². The Labute approximate surface area is 245 Å². The van der Waals surface area contributed by atoms with Crippen molar-refractivity contribution >= 4 is 30.5 Å². The number of unbranched alkanes of at least 4 members (excludes halogenated alkanes) is 18. The van der Waals surface area contributed by atoms with Gasteiger partial charge in [-0.15, -0.1) is 0 Å².